The number of benzene rings is 1. The number of aromatic amines is 1. The van der Waals surface area contributed by atoms with E-state index in [1.807, 2.05) is 0 Å². The molecule has 4 rings (SSSR count). The molecule has 2 aromatic rings. The van der Waals surface area contributed by atoms with Crippen LogP contribution in [0.25, 0.3) is 10.9 Å². The number of fused-ring (bicyclic) bond motifs is 5. The van der Waals surface area contributed by atoms with Crippen molar-refractivity contribution in [2.75, 3.05) is 24.1 Å². The van der Waals surface area contributed by atoms with Crippen LogP contribution >= 0.6 is 22.6 Å². The third-order valence-corrected chi connectivity index (χ3v) is 7.73. The van der Waals surface area contributed by atoms with Gasteiger partial charge < -0.3 is 10.3 Å². The number of nitrogens with one attached hydrogen (secondary N) is 2. The van der Waals surface area contributed by atoms with Gasteiger partial charge in [0.05, 0.1) is 5.54 Å². The van der Waals surface area contributed by atoms with Gasteiger partial charge in [-0.05, 0) is 37.3 Å². The number of para-hydroxylation sites is 1. The molecule has 2 aliphatic rings. The molecule has 1 unspecified atom stereocenters. The van der Waals surface area contributed by atoms with E-state index in [2.05, 4.69) is 75.9 Å². The molecule has 3 heterocycles. The molecule has 1 amide bonds. The summed E-state index contributed by atoms with van der Waals surface area (Å²) in [6, 6.07) is 8.69. The maximum absolute atomic E-state index is 12.9. The first kappa shape index (κ1) is 20.2. The van der Waals surface area contributed by atoms with Crippen LogP contribution in [0.15, 0.2) is 24.3 Å². The lowest BCUT2D eigenvalue weighted by Gasteiger charge is -2.42. The highest BCUT2D eigenvalue weighted by molar-refractivity contribution is 14.1. The summed E-state index contributed by atoms with van der Waals surface area (Å²) in [7, 11) is 0. The van der Waals surface area contributed by atoms with Gasteiger partial charge in [0, 0.05) is 52.5 Å². The lowest BCUT2D eigenvalue weighted by molar-refractivity contribution is -0.124. The van der Waals surface area contributed by atoms with E-state index >= 15 is 0 Å². The zero-order valence-corrected chi connectivity index (χ0v) is 19.3. The second-order valence-electron chi connectivity index (χ2n) is 8.51. The van der Waals surface area contributed by atoms with Crippen LogP contribution in [-0.2, 0) is 16.8 Å². The highest BCUT2D eigenvalue weighted by atomic mass is 127. The molecular weight excluding hydrogens is 461 g/mol. The van der Waals surface area contributed by atoms with Gasteiger partial charge in [-0.15, -0.1) is 0 Å². The summed E-state index contributed by atoms with van der Waals surface area (Å²) >= 11 is 2.49. The van der Waals surface area contributed by atoms with E-state index in [9.17, 15) is 4.79 Å². The van der Waals surface area contributed by atoms with Crippen LogP contribution in [0.2, 0.25) is 0 Å². The Balaban J connectivity index is 1.73. The molecule has 5 heteroatoms. The van der Waals surface area contributed by atoms with Gasteiger partial charge in [-0.2, -0.15) is 0 Å². The summed E-state index contributed by atoms with van der Waals surface area (Å²) in [5, 5.41) is 4.56. The molecule has 28 heavy (non-hydrogen) atoms. The van der Waals surface area contributed by atoms with Crippen LogP contribution in [-0.4, -0.2) is 39.9 Å². The minimum Gasteiger partial charge on any atom is -0.357 e. The Morgan fingerprint density at radius 2 is 2.18 bits per heavy atom. The van der Waals surface area contributed by atoms with Crippen molar-refractivity contribution in [2.24, 2.45) is 5.41 Å². The van der Waals surface area contributed by atoms with Crippen molar-refractivity contribution in [3.05, 3.63) is 35.5 Å². The first-order valence-electron chi connectivity index (χ1n) is 10.8. The van der Waals surface area contributed by atoms with Crippen LogP contribution in [0, 0.1) is 5.41 Å². The largest absolute Gasteiger partial charge is 0.357 e. The summed E-state index contributed by atoms with van der Waals surface area (Å²) in [4.78, 5) is 19.3. The van der Waals surface area contributed by atoms with Gasteiger partial charge in [-0.3, -0.25) is 9.69 Å². The van der Waals surface area contributed by atoms with Crippen molar-refractivity contribution < 1.29 is 4.79 Å². The molecule has 2 aliphatic heterocycles. The lowest BCUT2D eigenvalue weighted by Crippen LogP contribution is -2.46. The Hall–Kier alpha value is -1.08. The number of halogens is 1. The molecule has 4 nitrogen and oxygen atoms in total. The summed E-state index contributed by atoms with van der Waals surface area (Å²) in [5.74, 6) is 0.226. The molecule has 1 fully saturated rings. The highest BCUT2D eigenvalue weighted by Gasteiger charge is 2.67. The molecule has 0 spiro atoms. The third kappa shape index (κ3) is 3.09. The monoisotopic (exact) mass is 493 g/mol. The summed E-state index contributed by atoms with van der Waals surface area (Å²) < 4.78 is 1.08. The van der Waals surface area contributed by atoms with E-state index in [0.29, 0.717) is 6.42 Å². The van der Waals surface area contributed by atoms with Crippen LogP contribution in [0.4, 0.5) is 0 Å². The van der Waals surface area contributed by atoms with E-state index < -0.39 is 0 Å². The lowest BCUT2D eigenvalue weighted by atomic mass is 9.65. The second kappa shape index (κ2) is 7.98. The summed E-state index contributed by atoms with van der Waals surface area (Å²) in [5.41, 5.74) is 4.12. The van der Waals surface area contributed by atoms with Crippen molar-refractivity contribution in [2.45, 2.75) is 57.9 Å². The molecule has 3 atom stereocenters. The number of hydrogen-bond donors (Lipinski definition) is 2. The first-order chi connectivity index (χ1) is 13.6. The fraction of sp³-hybridized carbons (Fsp3) is 0.609. The van der Waals surface area contributed by atoms with Crippen molar-refractivity contribution in [1.29, 1.82) is 0 Å². The molecule has 0 bridgehead atoms. The second-order valence-corrected chi connectivity index (χ2v) is 9.59. The van der Waals surface area contributed by atoms with Crippen LogP contribution in [0.5, 0.6) is 0 Å². The fourth-order valence-corrected chi connectivity index (χ4v) is 6.60. The number of nitrogens with zero attached hydrogens (tertiary/aromatic N) is 1. The molecule has 1 aromatic carbocycles. The zero-order chi connectivity index (χ0) is 19.8. The number of carbonyl (C=O) groups is 1. The molecule has 1 saturated heterocycles. The van der Waals surface area contributed by atoms with Crippen molar-refractivity contribution >= 4 is 39.4 Å². The quantitative estimate of drug-likeness (QED) is 0.229. The number of alkyl halides is 1. The number of unbranched alkanes of at least 4 members (excludes halogenated alkanes) is 1. The number of carbonyl (C=O) groups excluding carboxylic acids is 1. The summed E-state index contributed by atoms with van der Waals surface area (Å²) in [6.07, 6.45) is 6.01. The predicted molar refractivity (Wildman–Crippen MR) is 124 cm³/mol. The maximum Gasteiger partial charge on any atom is 0.220 e. The van der Waals surface area contributed by atoms with Crippen molar-refractivity contribution in [3.8, 4) is 0 Å². The predicted octanol–water partition coefficient (Wildman–Crippen LogP) is 4.76. The third-order valence-electron chi connectivity index (χ3n) is 7.19. The normalized spacial score (nSPS) is 25.0. The van der Waals surface area contributed by atoms with Gasteiger partial charge in [-0.25, -0.2) is 0 Å². The van der Waals surface area contributed by atoms with E-state index in [1.165, 1.54) is 22.2 Å². The van der Waals surface area contributed by atoms with Gasteiger partial charge in [0.15, 0.2) is 0 Å². The molecular formula is C23H32IN3O. The Bertz CT molecular complexity index is 863. The van der Waals surface area contributed by atoms with Crippen LogP contribution in [0.3, 0.4) is 0 Å². The molecule has 0 radical (unpaired) electrons. The Kier molecular flexibility index (Phi) is 5.76. The van der Waals surface area contributed by atoms with Crippen LogP contribution in [0.1, 0.15) is 57.2 Å². The maximum atomic E-state index is 12.9. The SMILES string of the molecule is CCCCNC(=O)C[C@](CC)(CCI)[C@@]12CN1CCc1c2[nH]c2ccccc12. The van der Waals surface area contributed by atoms with E-state index in [4.69, 9.17) is 0 Å². The molecule has 0 aliphatic carbocycles. The Morgan fingerprint density at radius 1 is 1.36 bits per heavy atom. The van der Waals surface area contributed by atoms with Gasteiger partial charge in [0.2, 0.25) is 5.91 Å². The minimum atomic E-state index is -0.0134. The number of H-pyrrole nitrogens is 1. The number of hydrogen-bond acceptors (Lipinski definition) is 2. The minimum absolute atomic E-state index is 0.00161. The van der Waals surface area contributed by atoms with Gasteiger partial charge in [-0.1, -0.05) is 61.1 Å². The average Bonchev–Trinajstić information content (AvgIpc) is 3.35. The molecule has 2 N–H and O–H groups in total. The topological polar surface area (TPSA) is 47.9 Å². The van der Waals surface area contributed by atoms with Crippen molar-refractivity contribution in [1.82, 2.24) is 15.2 Å². The Labute approximate surface area is 182 Å². The van der Waals surface area contributed by atoms with Crippen LogP contribution < -0.4 is 5.32 Å². The molecule has 0 saturated carbocycles. The Morgan fingerprint density at radius 3 is 2.93 bits per heavy atom. The average molecular weight is 493 g/mol. The smallest absolute Gasteiger partial charge is 0.220 e. The molecule has 152 valence electrons. The number of aromatic nitrogens is 1. The standard InChI is InChI=1S/C23H32IN3O/c1-3-5-13-25-20(28)15-22(4-2,11-12-24)23-16-27(23)14-10-18-17-8-6-7-9-19(17)26-21(18)23/h6-9,26H,3-5,10-16H2,1-2H3,(H,25,28)/t22-,23-,27?/m0/s1. The highest BCUT2D eigenvalue weighted by Crippen LogP contribution is 2.63. The van der Waals surface area contributed by atoms with E-state index in [0.717, 1.165) is 56.2 Å². The number of amides is 1. The van der Waals surface area contributed by atoms with Gasteiger partial charge in [0.25, 0.3) is 0 Å². The summed E-state index contributed by atoms with van der Waals surface area (Å²) in [6.45, 7) is 7.44. The van der Waals surface area contributed by atoms with E-state index in [1.54, 1.807) is 0 Å². The zero-order valence-electron chi connectivity index (χ0n) is 17.1. The van der Waals surface area contributed by atoms with Gasteiger partial charge in [0.1, 0.15) is 0 Å². The fourth-order valence-electron chi connectivity index (χ4n) is 5.57. The molecule has 1 aromatic heterocycles. The van der Waals surface area contributed by atoms with Gasteiger partial charge >= 0.3 is 0 Å². The van der Waals surface area contributed by atoms with Crippen molar-refractivity contribution in [3.63, 3.8) is 0 Å². The first-order valence-corrected chi connectivity index (χ1v) is 12.3. The number of rotatable bonds is 9. The van der Waals surface area contributed by atoms with E-state index in [-0.39, 0.29) is 16.9 Å².